The summed E-state index contributed by atoms with van der Waals surface area (Å²) < 4.78 is 5.28. The Morgan fingerprint density at radius 3 is 2.48 bits per heavy atom. The van der Waals surface area contributed by atoms with Crippen LogP contribution in [0.25, 0.3) is 0 Å². The predicted molar refractivity (Wildman–Crippen MR) is 77.6 cm³/mol. The van der Waals surface area contributed by atoms with Gasteiger partial charge in [0.2, 0.25) is 11.8 Å². The zero-order valence-electron chi connectivity index (χ0n) is 12.6. The highest BCUT2D eigenvalue weighted by Gasteiger charge is 2.30. The van der Waals surface area contributed by atoms with Crippen LogP contribution in [-0.2, 0) is 16.1 Å². The highest BCUT2D eigenvalue weighted by Crippen LogP contribution is 2.27. The van der Waals surface area contributed by atoms with E-state index in [-0.39, 0.29) is 24.3 Å². The lowest BCUT2D eigenvalue weighted by Gasteiger charge is -2.29. The first-order chi connectivity index (χ1) is 9.92. The third kappa shape index (κ3) is 3.42. The molecule has 0 bridgehead atoms. The van der Waals surface area contributed by atoms with Crippen molar-refractivity contribution in [2.45, 2.75) is 39.3 Å². The molecule has 1 aromatic carbocycles. The number of rotatable bonds is 4. The average molecular weight is 291 g/mol. The lowest BCUT2D eigenvalue weighted by atomic mass is 9.97. The number of aliphatic hydroxyl groups is 1. The van der Waals surface area contributed by atoms with Gasteiger partial charge in [-0.2, -0.15) is 0 Å². The molecular formula is C16H21NO4. The number of methoxy groups -OCH3 is 1. The summed E-state index contributed by atoms with van der Waals surface area (Å²) in [5.74, 6) is 0.414. The van der Waals surface area contributed by atoms with Crippen LogP contribution < -0.4 is 4.74 Å². The molecule has 21 heavy (non-hydrogen) atoms. The monoisotopic (exact) mass is 291 g/mol. The van der Waals surface area contributed by atoms with Gasteiger partial charge in [-0.05, 0) is 30.5 Å². The fraction of sp³-hybridized carbons (Fsp3) is 0.500. The van der Waals surface area contributed by atoms with Crippen molar-refractivity contribution in [1.29, 1.82) is 0 Å². The van der Waals surface area contributed by atoms with Crippen molar-refractivity contribution in [1.82, 2.24) is 4.90 Å². The number of benzene rings is 1. The molecule has 5 nitrogen and oxygen atoms in total. The zero-order valence-corrected chi connectivity index (χ0v) is 12.6. The maximum Gasteiger partial charge on any atom is 0.229 e. The molecule has 1 unspecified atom stereocenters. The van der Waals surface area contributed by atoms with E-state index in [9.17, 15) is 14.7 Å². The largest absolute Gasteiger partial charge is 0.496 e. The van der Waals surface area contributed by atoms with E-state index in [0.717, 1.165) is 11.1 Å². The predicted octanol–water partition coefficient (Wildman–Crippen LogP) is 2.03. The number of likely N-dealkylation sites (tertiary alicyclic amines) is 1. The summed E-state index contributed by atoms with van der Waals surface area (Å²) in [4.78, 5) is 25.4. The number of ether oxygens (including phenoxy) is 1. The van der Waals surface area contributed by atoms with Crippen molar-refractivity contribution in [3.8, 4) is 5.75 Å². The molecule has 0 saturated carbocycles. The number of aliphatic hydroxyl groups excluding tert-OH is 1. The third-order valence-electron chi connectivity index (χ3n) is 3.76. The van der Waals surface area contributed by atoms with Gasteiger partial charge in [-0.1, -0.05) is 13.0 Å². The molecule has 0 aromatic heterocycles. The van der Waals surface area contributed by atoms with Gasteiger partial charge in [0.05, 0.1) is 19.8 Å². The fourth-order valence-electron chi connectivity index (χ4n) is 2.56. The minimum Gasteiger partial charge on any atom is -0.496 e. The highest BCUT2D eigenvalue weighted by molar-refractivity contribution is 5.97. The maximum atomic E-state index is 12.1. The van der Waals surface area contributed by atoms with Crippen LogP contribution in [0.3, 0.4) is 0 Å². The number of nitrogens with zero attached hydrogens (tertiary/aromatic N) is 1. The number of amides is 2. The Kier molecular flexibility index (Phi) is 4.63. The molecule has 2 rings (SSSR count). The lowest BCUT2D eigenvalue weighted by Crippen LogP contribution is -2.42. The minimum absolute atomic E-state index is 0.104. The first-order valence-corrected chi connectivity index (χ1v) is 7.10. The number of carbonyl (C=O) groups excluding carboxylic acids is 2. The Morgan fingerprint density at radius 2 is 1.95 bits per heavy atom. The number of hydrogen-bond donors (Lipinski definition) is 1. The molecule has 0 aliphatic carbocycles. The van der Waals surface area contributed by atoms with E-state index >= 15 is 0 Å². The van der Waals surface area contributed by atoms with Crippen molar-refractivity contribution in [2.24, 2.45) is 5.92 Å². The summed E-state index contributed by atoms with van der Waals surface area (Å²) in [6.07, 6.45) is 0.177. The fourth-order valence-corrected chi connectivity index (χ4v) is 2.56. The van der Waals surface area contributed by atoms with Crippen LogP contribution in [0.4, 0.5) is 0 Å². The van der Waals surface area contributed by atoms with Gasteiger partial charge >= 0.3 is 0 Å². The lowest BCUT2D eigenvalue weighted by molar-refractivity contribution is -0.150. The van der Waals surface area contributed by atoms with Crippen LogP contribution in [0, 0.1) is 5.92 Å². The van der Waals surface area contributed by atoms with Crippen molar-refractivity contribution in [3.05, 3.63) is 29.3 Å². The van der Waals surface area contributed by atoms with Crippen LogP contribution >= 0.6 is 0 Å². The zero-order chi connectivity index (χ0) is 15.6. The number of carbonyl (C=O) groups is 2. The molecule has 114 valence electrons. The molecule has 1 atom stereocenters. The van der Waals surface area contributed by atoms with E-state index in [1.54, 1.807) is 32.2 Å². The van der Waals surface area contributed by atoms with Crippen molar-refractivity contribution < 1.29 is 19.4 Å². The summed E-state index contributed by atoms with van der Waals surface area (Å²) in [6, 6.07) is 5.30. The standard InChI is InChI=1S/C16H21NO4/c1-10-6-15(19)17(16(20)7-10)9-13-8-12(11(2)18)4-5-14(13)21-3/h4-5,8,10-11,18H,6-7,9H2,1-3H3. The molecule has 1 aromatic rings. The van der Waals surface area contributed by atoms with Gasteiger partial charge in [-0.25, -0.2) is 0 Å². The first kappa shape index (κ1) is 15.5. The number of hydrogen-bond acceptors (Lipinski definition) is 4. The Bertz CT molecular complexity index is 535. The SMILES string of the molecule is COc1ccc(C(C)O)cc1CN1C(=O)CC(C)CC1=O. The third-order valence-corrected chi connectivity index (χ3v) is 3.76. The van der Waals surface area contributed by atoms with E-state index in [1.165, 1.54) is 4.90 Å². The summed E-state index contributed by atoms with van der Waals surface area (Å²) in [5, 5.41) is 9.67. The smallest absolute Gasteiger partial charge is 0.229 e. The molecule has 1 saturated heterocycles. The molecule has 0 radical (unpaired) electrons. The van der Waals surface area contributed by atoms with E-state index in [2.05, 4.69) is 0 Å². The minimum atomic E-state index is -0.609. The quantitative estimate of drug-likeness (QED) is 0.862. The summed E-state index contributed by atoms with van der Waals surface area (Å²) in [6.45, 7) is 3.76. The molecule has 1 heterocycles. The molecular weight excluding hydrogens is 270 g/mol. The Labute approximate surface area is 124 Å². The van der Waals surface area contributed by atoms with Gasteiger partial charge in [0.15, 0.2) is 0 Å². The van der Waals surface area contributed by atoms with Crippen molar-refractivity contribution >= 4 is 11.8 Å². The van der Waals surface area contributed by atoms with Crippen molar-refractivity contribution in [2.75, 3.05) is 7.11 Å². The summed E-state index contributed by atoms with van der Waals surface area (Å²) in [5.41, 5.74) is 1.46. The first-order valence-electron chi connectivity index (χ1n) is 7.10. The van der Waals surface area contributed by atoms with Gasteiger partial charge in [-0.3, -0.25) is 14.5 Å². The van der Waals surface area contributed by atoms with Crippen molar-refractivity contribution in [3.63, 3.8) is 0 Å². The van der Waals surface area contributed by atoms with Crippen LogP contribution in [-0.4, -0.2) is 28.9 Å². The Balaban J connectivity index is 2.27. The normalized spacial score (nSPS) is 18.0. The second-order valence-electron chi connectivity index (χ2n) is 5.63. The average Bonchev–Trinajstić information content (AvgIpc) is 2.42. The van der Waals surface area contributed by atoms with E-state index < -0.39 is 6.10 Å². The van der Waals surface area contributed by atoms with Gasteiger partial charge in [0, 0.05) is 18.4 Å². The van der Waals surface area contributed by atoms with Gasteiger partial charge in [0.1, 0.15) is 5.75 Å². The van der Waals surface area contributed by atoms with Gasteiger partial charge < -0.3 is 9.84 Å². The number of imide groups is 1. The molecule has 2 amide bonds. The van der Waals surface area contributed by atoms with E-state index in [4.69, 9.17) is 4.74 Å². The second-order valence-corrected chi connectivity index (χ2v) is 5.63. The van der Waals surface area contributed by atoms with E-state index in [0.29, 0.717) is 18.6 Å². The highest BCUT2D eigenvalue weighted by atomic mass is 16.5. The topological polar surface area (TPSA) is 66.8 Å². The molecule has 1 aliphatic rings. The Morgan fingerprint density at radius 1 is 1.33 bits per heavy atom. The summed E-state index contributed by atoms with van der Waals surface area (Å²) in [7, 11) is 1.54. The summed E-state index contributed by atoms with van der Waals surface area (Å²) >= 11 is 0. The van der Waals surface area contributed by atoms with Crippen LogP contribution in [0.5, 0.6) is 5.75 Å². The molecule has 1 N–H and O–H groups in total. The molecule has 0 spiro atoms. The maximum absolute atomic E-state index is 12.1. The van der Waals surface area contributed by atoms with Gasteiger partial charge in [-0.15, -0.1) is 0 Å². The number of piperidine rings is 1. The molecule has 1 aliphatic heterocycles. The molecule has 1 fully saturated rings. The Hall–Kier alpha value is -1.88. The van der Waals surface area contributed by atoms with Crippen LogP contribution in [0.2, 0.25) is 0 Å². The van der Waals surface area contributed by atoms with Crippen LogP contribution in [0.15, 0.2) is 18.2 Å². The molecule has 5 heteroatoms. The van der Waals surface area contributed by atoms with Crippen LogP contribution in [0.1, 0.15) is 43.9 Å². The van der Waals surface area contributed by atoms with Gasteiger partial charge in [0.25, 0.3) is 0 Å². The van der Waals surface area contributed by atoms with E-state index in [1.807, 2.05) is 6.92 Å². The second kappa shape index (κ2) is 6.26.